The van der Waals surface area contributed by atoms with Crippen LogP contribution in [0.5, 0.6) is 0 Å². The third kappa shape index (κ3) is 8.19. The molecule has 0 heterocycles. The zero-order valence-corrected chi connectivity index (χ0v) is 10.7. The fraction of sp³-hybridized carbons (Fsp3) is 1.00. The maximum Gasteiger partial charge on any atom is 0.401 e. The lowest BCUT2D eigenvalue weighted by molar-refractivity contribution is -0.147. The fourth-order valence-electron chi connectivity index (χ4n) is 1.17. The molecule has 0 aliphatic carbocycles. The third-order valence-electron chi connectivity index (χ3n) is 2.39. The van der Waals surface area contributed by atoms with E-state index in [0.29, 0.717) is 13.0 Å². The fourth-order valence-corrected chi connectivity index (χ4v) is 1.41. The Morgan fingerprint density at radius 3 is 2.12 bits per heavy atom. The van der Waals surface area contributed by atoms with Crippen molar-refractivity contribution in [2.45, 2.75) is 32.0 Å². The van der Waals surface area contributed by atoms with Gasteiger partial charge in [-0.1, -0.05) is 0 Å². The molecule has 6 heteroatoms. The smallest absolute Gasteiger partial charge is 0.379 e. The lowest BCUT2D eigenvalue weighted by atomic mass is 10.1. The van der Waals surface area contributed by atoms with Gasteiger partial charge in [-0.15, -0.1) is 11.6 Å². The standard InChI is InChI=1S/C10H19ClF3NO/c1-9(2,16-3)4-6-15(7-5-11)8-10(12,13)14/h4-8H2,1-3H3. The summed E-state index contributed by atoms with van der Waals surface area (Å²) >= 11 is 5.47. The Bertz CT molecular complexity index is 197. The number of hydrogen-bond acceptors (Lipinski definition) is 2. The summed E-state index contributed by atoms with van der Waals surface area (Å²) in [7, 11) is 1.55. The molecule has 0 aromatic rings. The second kappa shape index (κ2) is 6.67. The van der Waals surface area contributed by atoms with Crippen LogP contribution in [0.4, 0.5) is 13.2 Å². The number of methoxy groups -OCH3 is 1. The van der Waals surface area contributed by atoms with Crippen LogP contribution in [0.3, 0.4) is 0 Å². The SMILES string of the molecule is COC(C)(C)CCN(CCCl)CC(F)(F)F. The Labute approximate surface area is 99.7 Å². The summed E-state index contributed by atoms with van der Waals surface area (Å²) in [6.07, 6.45) is -3.64. The van der Waals surface area contributed by atoms with Crippen molar-refractivity contribution in [1.82, 2.24) is 4.90 Å². The average molecular weight is 262 g/mol. The molecular formula is C10H19ClF3NO. The van der Waals surface area contributed by atoms with Crippen molar-refractivity contribution >= 4 is 11.6 Å². The van der Waals surface area contributed by atoms with Crippen molar-refractivity contribution in [2.24, 2.45) is 0 Å². The maximum absolute atomic E-state index is 12.2. The van der Waals surface area contributed by atoms with Crippen LogP contribution in [0.2, 0.25) is 0 Å². The maximum atomic E-state index is 12.2. The molecule has 0 radical (unpaired) electrons. The monoisotopic (exact) mass is 261 g/mol. The van der Waals surface area contributed by atoms with Crippen molar-refractivity contribution in [3.05, 3.63) is 0 Å². The van der Waals surface area contributed by atoms with E-state index in [4.69, 9.17) is 16.3 Å². The van der Waals surface area contributed by atoms with Crippen molar-refractivity contribution in [3.8, 4) is 0 Å². The Balaban J connectivity index is 4.14. The Kier molecular flexibility index (Phi) is 6.67. The second-order valence-corrected chi connectivity index (χ2v) is 4.67. The molecule has 0 aliphatic heterocycles. The molecule has 0 rings (SSSR count). The molecule has 16 heavy (non-hydrogen) atoms. The van der Waals surface area contributed by atoms with Gasteiger partial charge in [-0.3, -0.25) is 4.90 Å². The van der Waals surface area contributed by atoms with Gasteiger partial charge in [0.05, 0.1) is 12.1 Å². The molecule has 0 saturated carbocycles. The van der Waals surface area contributed by atoms with Crippen molar-refractivity contribution < 1.29 is 17.9 Å². The van der Waals surface area contributed by atoms with Crippen molar-refractivity contribution in [3.63, 3.8) is 0 Å². The molecule has 0 N–H and O–H groups in total. The van der Waals surface area contributed by atoms with E-state index in [1.165, 1.54) is 4.90 Å². The van der Waals surface area contributed by atoms with E-state index in [2.05, 4.69) is 0 Å². The average Bonchev–Trinajstić information content (AvgIpc) is 2.13. The highest BCUT2D eigenvalue weighted by molar-refractivity contribution is 6.18. The molecule has 0 fully saturated rings. The number of nitrogens with zero attached hydrogens (tertiary/aromatic N) is 1. The van der Waals surface area contributed by atoms with Crippen LogP contribution in [0, 0.1) is 0 Å². The molecule has 0 saturated heterocycles. The summed E-state index contributed by atoms with van der Waals surface area (Å²) in [5.41, 5.74) is -0.407. The number of alkyl halides is 4. The molecule has 98 valence electrons. The molecule has 2 nitrogen and oxygen atoms in total. The van der Waals surface area contributed by atoms with E-state index in [-0.39, 0.29) is 12.4 Å². The zero-order chi connectivity index (χ0) is 12.8. The van der Waals surface area contributed by atoms with Gasteiger partial charge in [0.15, 0.2) is 0 Å². The minimum Gasteiger partial charge on any atom is -0.379 e. The van der Waals surface area contributed by atoms with Gasteiger partial charge >= 0.3 is 6.18 Å². The minimum atomic E-state index is -4.18. The number of ether oxygens (including phenoxy) is 1. The lowest BCUT2D eigenvalue weighted by Gasteiger charge is -2.28. The van der Waals surface area contributed by atoms with Gasteiger partial charge in [-0.05, 0) is 20.3 Å². The van der Waals surface area contributed by atoms with Gasteiger partial charge in [0.25, 0.3) is 0 Å². The van der Waals surface area contributed by atoms with Crippen LogP contribution in [-0.4, -0.2) is 49.3 Å². The number of halogens is 4. The molecule has 0 spiro atoms. The van der Waals surface area contributed by atoms with E-state index in [9.17, 15) is 13.2 Å². The quantitative estimate of drug-likeness (QED) is 0.654. The van der Waals surface area contributed by atoms with Gasteiger partial charge in [-0.25, -0.2) is 0 Å². The molecule has 0 unspecified atom stereocenters. The van der Waals surface area contributed by atoms with Gasteiger partial charge in [0.1, 0.15) is 0 Å². The lowest BCUT2D eigenvalue weighted by Crippen LogP contribution is -2.39. The van der Waals surface area contributed by atoms with Gasteiger partial charge in [-0.2, -0.15) is 13.2 Å². The van der Waals surface area contributed by atoms with Crippen molar-refractivity contribution in [2.75, 3.05) is 32.6 Å². The highest BCUT2D eigenvalue weighted by Gasteiger charge is 2.31. The third-order valence-corrected chi connectivity index (χ3v) is 2.56. The molecule has 0 bridgehead atoms. The van der Waals surface area contributed by atoms with Gasteiger partial charge < -0.3 is 4.74 Å². The van der Waals surface area contributed by atoms with E-state index < -0.39 is 18.3 Å². The van der Waals surface area contributed by atoms with E-state index in [1.807, 2.05) is 13.8 Å². The van der Waals surface area contributed by atoms with E-state index in [1.54, 1.807) is 7.11 Å². The molecule has 0 aliphatic rings. The van der Waals surface area contributed by atoms with Gasteiger partial charge in [0.2, 0.25) is 0 Å². The minimum absolute atomic E-state index is 0.198. The number of rotatable bonds is 7. The van der Waals surface area contributed by atoms with Crippen LogP contribution in [0.15, 0.2) is 0 Å². The van der Waals surface area contributed by atoms with Crippen LogP contribution in [0.25, 0.3) is 0 Å². The Morgan fingerprint density at radius 2 is 1.75 bits per heavy atom. The molecule has 0 amide bonds. The summed E-state index contributed by atoms with van der Waals surface area (Å²) < 4.78 is 41.8. The highest BCUT2D eigenvalue weighted by atomic mass is 35.5. The highest BCUT2D eigenvalue weighted by Crippen LogP contribution is 2.19. The van der Waals surface area contributed by atoms with E-state index in [0.717, 1.165) is 0 Å². The molecule has 0 aromatic heterocycles. The van der Waals surface area contributed by atoms with Crippen LogP contribution in [-0.2, 0) is 4.74 Å². The summed E-state index contributed by atoms with van der Waals surface area (Å²) in [5.74, 6) is 0.198. The largest absolute Gasteiger partial charge is 0.401 e. The topological polar surface area (TPSA) is 12.5 Å². The molecule has 0 aromatic carbocycles. The van der Waals surface area contributed by atoms with Crippen LogP contribution >= 0.6 is 11.6 Å². The van der Waals surface area contributed by atoms with Crippen LogP contribution in [0.1, 0.15) is 20.3 Å². The zero-order valence-electron chi connectivity index (χ0n) is 9.90. The first-order valence-corrected chi connectivity index (χ1v) is 5.64. The normalized spacial score (nSPS) is 13.5. The Hall–Kier alpha value is -0.0000000000000000555. The number of hydrogen-bond donors (Lipinski definition) is 0. The molecule has 0 atom stereocenters. The summed E-state index contributed by atoms with van der Waals surface area (Å²) in [6, 6.07) is 0. The predicted octanol–water partition coefficient (Wildman–Crippen LogP) is 2.90. The summed E-state index contributed by atoms with van der Waals surface area (Å²) in [6.45, 7) is 3.34. The summed E-state index contributed by atoms with van der Waals surface area (Å²) in [5, 5.41) is 0. The first kappa shape index (κ1) is 16.0. The van der Waals surface area contributed by atoms with Gasteiger partial charge in [0, 0.05) is 26.1 Å². The van der Waals surface area contributed by atoms with Crippen LogP contribution < -0.4 is 0 Å². The summed E-state index contributed by atoms with van der Waals surface area (Å²) in [4.78, 5) is 1.30. The predicted molar refractivity (Wildman–Crippen MR) is 58.9 cm³/mol. The van der Waals surface area contributed by atoms with Crippen molar-refractivity contribution in [1.29, 1.82) is 0 Å². The van der Waals surface area contributed by atoms with E-state index >= 15 is 0 Å². The first-order valence-electron chi connectivity index (χ1n) is 5.10. The molecular weight excluding hydrogens is 243 g/mol. The first-order chi connectivity index (χ1) is 7.20. The Morgan fingerprint density at radius 1 is 1.19 bits per heavy atom. The second-order valence-electron chi connectivity index (χ2n) is 4.29.